The lowest BCUT2D eigenvalue weighted by molar-refractivity contribution is 0.399. The van der Waals surface area contributed by atoms with Gasteiger partial charge in [0, 0.05) is 5.38 Å². The zero-order valence-corrected chi connectivity index (χ0v) is 10.9. The predicted molar refractivity (Wildman–Crippen MR) is 68.5 cm³/mol. The van der Waals surface area contributed by atoms with E-state index in [4.69, 9.17) is 11.6 Å². The number of aryl methyl sites for hydroxylation is 1. The second-order valence-corrected chi connectivity index (χ2v) is 5.37. The molecule has 0 N–H and O–H groups in total. The van der Waals surface area contributed by atoms with Gasteiger partial charge >= 0.3 is 0 Å². The van der Waals surface area contributed by atoms with Gasteiger partial charge in [0.1, 0.15) is 0 Å². The van der Waals surface area contributed by atoms with E-state index in [2.05, 4.69) is 52.0 Å². The molecule has 1 heteroatoms. The van der Waals surface area contributed by atoms with Crippen molar-refractivity contribution >= 4 is 11.6 Å². The number of hydrogen-bond acceptors (Lipinski definition) is 0. The first-order chi connectivity index (χ1) is 7.00. The van der Waals surface area contributed by atoms with Crippen molar-refractivity contribution in [2.24, 2.45) is 11.8 Å². The second-order valence-electron chi connectivity index (χ2n) is 4.81. The van der Waals surface area contributed by atoms with Crippen molar-refractivity contribution in [3.05, 3.63) is 35.4 Å². The van der Waals surface area contributed by atoms with Crippen molar-refractivity contribution in [1.29, 1.82) is 0 Å². The maximum absolute atomic E-state index is 6.41. The Bertz CT molecular complexity index is 304. The van der Waals surface area contributed by atoms with Crippen LogP contribution in [0.3, 0.4) is 0 Å². The minimum Gasteiger partial charge on any atom is -0.122 e. The third-order valence-corrected chi connectivity index (χ3v) is 3.69. The van der Waals surface area contributed by atoms with Crippen LogP contribution in [-0.4, -0.2) is 5.38 Å². The van der Waals surface area contributed by atoms with Crippen LogP contribution in [0.4, 0.5) is 0 Å². The van der Waals surface area contributed by atoms with Gasteiger partial charge in [-0.25, -0.2) is 0 Å². The van der Waals surface area contributed by atoms with Crippen LogP contribution in [0.15, 0.2) is 24.3 Å². The lowest BCUT2D eigenvalue weighted by Gasteiger charge is -2.21. The van der Waals surface area contributed by atoms with Gasteiger partial charge in [-0.3, -0.25) is 0 Å². The average Bonchev–Trinajstić information content (AvgIpc) is 2.16. The van der Waals surface area contributed by atoms with E-state index in [1.54, 1.807) is 0 Å². The van der Waals surface area contributed by atoms with Crippen molar-refractivity contribution in [3.8, 4) is 0 Å². The zero-order valence-electron chi connectivity index (χ0n) is 10.1. The number of benzene rings is 1. The highest BCUT2D eigenvalue weighted by atomic mass is 35.5. The summed E-state index contributed by atoms with van der Waals surface area (Å²) in [5.41, 5.74) is 2.66. The topological polar surface area (TPSA) is 0 Å². The largest absolute Gasteiger partial charge is 0.122 e. The second kappa shape index (κ2) is 5.55. The molecule has 15 heavy (non-hydrogen) atoms. The molecule has 0 heterocycles. The molecule has 0 saturated heterocycles. The van der Waals surface area contributed by atoms with Crippen LogP contribution in [0.1, 0.15) is 31.9 Å². The first-order valence-electron chi connectivity index (χ1n) is 5.70. The summed E-state index contributed by atoms with van der Waals surface area (Å²) < 4.78 is 0. The Hall–Kier alpha value is -0.490. The molecule has 0 saturated carbocycles. The minimum absolute atomic E-state index is 0.242. The highest BCUT2D eigenvalue weighted by Crippen LogP contribution is 2.23. The third kappa shape index (κ3) is 3.87. The van der Waals surface area contributed by atoms with Gasteiger partial charge in [0.2, 0.25) is 0 Å². The van der Waals surface area contributed by atoms with Gasteiger partial charge in [-0.2, -0.15) is 0 Å². The molecule has 0 spiro atoms. The normalized spacial score (nSPS) is 15.3. The van der Waals surface area contributed by atoms with Gasteiger partial charge in [-0.05, 0) is 30.7 Å². The van der Waals surface area contributed by atoms with Crippen LogP contribution >= 0.6 is 11.6 Å². The van der Waals surface area contributed by atoms with Crippen LogP contribution in [0.2, 0.25) is 0 Å². The van der Waals surface area contributed by atoms with Gasteiger partial charge < -0.3 is 0 Å². The first kappa shape index (κ1) is 12.6. The molecule has 0 aliphatic rings. The number of halogens is 1. The van der Waals surface area contributed by atoms with E-state index < -0.39 is 0 Å². The van der Waals surface area contributed by atoms with Crippen molar-refractivity contribution in [2.45, 2.75) is 39.5 Å². The molecule has 2 atom stereocenters. The summed E-state index contributed by atoms with van der Waals surface area (Å²) in [4.78, 5) is 0. The van der Waals surface area contributed by atoms with Crippen LogP contribution in [0.5, 0.6) is 0 Å². The fraction of sp³-hybridized carbons (Fsp3) is 0.571. The van der Waals surface area contributed by atoms with Crippen molar-refractivity contribution < 1.29 is 0 Å². The summed E-state index contributed by atoms with van der Waals surface area (Å²) in [7, 11) is 0. The Morgan fingerprint density at radius 3 is 2.40 bits per heavy atom. The molecule has 0 radical (unpaired) electrons. The lowest BCUT2D eigenvalue weighted by Crippen LogP contribution is -2.19. The number of hydrogen-bond donors (Lipinski definition) is 0. The van der Waals surface area contributed by atoms with Crippen molar-refractivity contribution in [3.63, 3.8) is 0 Å². The smallest absolute Gasteiger partial charge is 0.0404 e. The Labute approximate surface area is 98.7 Å². The van der Waals surface area contributed by atoms with Gasteiger partial charge in [0.25, 0.3) is 0 Å². The molecular weight excluding hydrogens is 204 g/mol. The summed E-state index contributed by atoms with van der Waals surface area (Å²) in [6.45, 7) is 8.82. The molecule has 0 fully saturated rings. The van der Waals surface area contributed by atoms with E-state index in [1.165, 1.54) is 11.1 Å². The van der Waals surface area contributed by atoms with E-state index in [1.807, 2.05) is 0 Å². The van der Waals surface area contributed by atoms with Gasteiger partial charge in [-0.15, -0.1) is 11.6 Å². The molecule has 1 aromatic rings. The van der Waals surface area contributed by atoms with Crippen LogP contribution in [0, 0.1) is 18.8 Å². The Morgan fingerprint density at radius 2 is 1.87 bits per heavy atom. The third-order valence-electron chi connectivity index (χ3n) is 3.14. The monoisotopic (exact) mass is 224 g/mol. The molecule has 0 bridgehead atoms. The molecule has 84 valence electrons. The fourth-order valence-electron chi connectivity index (χ4n) is 1.67. The molecule has 0 aliphatic heterocycles. The number of rotatable bonds is 4. The summed E-state index contributed by atoms with van der Waals surface area (Å²) >= 11 is 6.41. The van der Waals surface area contributed by atoms with E-state index >= 15 is 0 Å². The average molecular weight is 225 g/mol. The predicted octanol–water partition coefficient (Wildman–Crippen LogP) is 4.44. The quantitative estimate of drug-likeness (QED) is 0.664. The number of alkyl halides is 1. The summed E-state index contributed by atoms with van der Waals surface area (Å²) in [6, 6.07) is 8.62. The zero-order chi connectivity index (χ0) is 11.4. The summed E-state index contributed by atoms with van der Waals surface area (Å²) in [6.07, 6.45) is 0.975. The first-order valence-corrected chi connectivity index (χ1v) is 6.14. The van der Waals surface area contributed by atoms with Crippen LogP contribution in [0.25, 0.3) is 0 Å². The Morgan fingerprint density at radius 1 is 1.20 bits per heavy atom. The minimum atomic E-state index is 0.242. The molecule has 0 nitrogen and oxygen atoms in total. The molecular formula is C14H21Cl. The van der Waals surface area contributed by atoms with E-state index in [-0.39, 0.29) is 5.38 Å². The molecule has 0 amide bonds. The molecule has 1 aromatic carbocycles. The SMILES string of the molecule is Cc1cccc(CC(Cl)C(C)C(C)C)c1. The summed E-state index contributed by atoms with van der Waals surface area (Å²) in [5.74, 6) is 1.21. The molecule has 0 aliphatic carbocycles. The van der Waals surface area contributed by atoms with Crippen molar-refractivity contribution in [1.82, 2.24) is 0 Å². The van der Waals surface area contributed by atoms with E-state index in [0.29, 0.717) is 11.8 Å². The highest BCUT2D eigenvalue weighted by molar-refractivity contribution is 6.20. The Kier molecular flexibility index (Phi) is 4.66. The molecule has 1 rings (SSSR count). The lowest BCUT2D eigenvalue weighted by atomic mass is 9.91. The van der Waals surface area contributed by atoms with Gasteiger partial charge in [0.05, 0.1) is 0 Å². The molecule has 0 aromatic heterocycles. The maximum atomic E-state index is 6.41. The maximum Gasteiger partial charge on any atom is 0.0404 e. The highest BCUT2D eigenvalue weighted by Gasteiger charge is 2.17. The van der Waals surface area contributed by atoms with Gasteiger partial charge in [-0.1, -0.05) is 50.6 Å². The van der Waals surface area contributed by atoms with Crippen LogP contribution < -0.4 is 0 Å². The van der Waals surface area contributed by atoms with E-state index in [0.717, 1.165) is 6.42 Å². The van der Waals surface area contributed by atoms with Crippen LogP contribution in [-0.2, 0) is 6.42 Å². The molecule has 2 unspecified atom stereocenters. The summed E-state index contributed by atoms with van der Waals surface area (Å²) in [5, 5.41) is 0.242. The Balaban J connectivity index is 2.62. The van der Waals surface area contributed by atoms with E-state index in [9.17, 15) is 0 Å². The van der Waals surface area contributed by atoms with Gasteiger partial charge in [0.15, 0.2) is 0 Å². The standard InChI is InChI=1S/C14H21Cl/c1-10(2)12(4)14(15)9-13-7-5-6-11(3)8-13/h5-8,10,12,14H,9H2,1-4H3. The fourth-order valence-corrected chi connectivity index (χ4v) is 2.14. The van der Waals surface area contributed by atoms with Crippen molar-refractivity contribution in [2.75, 3.05) is 0 Å².